The summed E-state index contributed by atoms with van der Waals surface area (Å²) in [6.07, 6.45) is -0.354. The van der Waals surface area contributed by atoms with Gasteiger partial charge in [-0.1, -0.05) is 8.44 Å². The van der Waals surface area contributed by atoms with Crippen molar-refractivity contribution in [2.24, 2.45) is 0 Å². The molecule has 29 heavy (non-hydrogen) atoms. The van der Waals surface area contributed by atoms with Crippen LogP contribution in [-0.4, -0.2) is 77.2 Å². The molecule has 3 unspecified atom stereocenters. The van der Waals surface area contributed by atoms with Crippen LogP contribution in [0.2, 0.25) is 0 Å². The van der Waals surface area contributed by atoms with Gasteiger partial charge in [0.05, 0.1) is 12.2 Å². The van der Waals surface area contributed by atoms with E-state index in [-0.39, 0.29) is 30.9 Å². The Morgan fingerprint density at radius 2 is 1.59 bits per heavy atom. The van der Waals surface area contributed by atoms with Gasteiger partial charge in [0.1, 0.15) is 18.6 Å². The lowest BCUT2D eigenvalue weighted by atomic mass is 10.1. The highest BCUT2D eigenvalue weighted by Gasteiger charge is 2.28. The highest BCUT2D eigenvalue weighted by atomic mass is 32.7. The lowest BCUT2D eigenvalue weighted by Gasteiger charge is -2.22. The normalized spacial score (nSPS) is 12.2. The molecule has 0 fully saturated rings. The Morgan fingerprint density at radius 3 is 2.10 bits per heavy atom. The van der Waals surface area contributed by atoms with Crippen LogP contribution in [0.15, 0.2) is 0 Å². The minimum absolute atomic E-state index is 0.0432. The van der Waals surface area contributed by atoms with Crippen molar-refractivity contribution in [3.63, 3.8) is 0 Å². The Bertz CT molecular complexity index is 633. The van der Waals surface area contributed by atoms with Crippen LogP contribution >= 0.6 is 19.8 Å². The van der Waals surface area contributed by atoms with Crippen LogP contribution in [0.25, 0.3) is 0 Å². The Morgan fingerprint density at radius 1 is 0.931 bits per heavy atom. The zero-order chi connectivity index (χ0) is 22.4. The predicted octanol–water partition coefficient (Wildman–Crippen LogP) is -1.93. The highest BCUT2D eigenvalue weighted by molar-refractivity contribution is 8.44. The fraction of sp³-hybridized carbons (Fsp3) is 0.600. The number of carbonyl (C=O) groups excluding carboxylic acids is 4. The molecule has 0 heterocycles. The van der Waals surface area contributed by atoms with Crippen molar-refractivity contribution in [3.05, 3.63) is 0 Å². The van der Waals surface area contributed by atoms with Crippen molar-refractivity contribution in [1.29, 1.82) is 0 Å². The first kappa shape index (κ1) is 26.6. The molecule has 4 amide bonds. The van der Waals surface area contributed by atoms with Gasteiger partial charge in [-0.25, -0.2) is 0 Å². The van der Waals surface area contributed by atoms with Crippen molar-refractivity contribution in [1.82, 2.24) is 21.3 Å². The molecule has 0 aromatic carbocycles. The quantitative estimate of drug-likeness (QED) is 0.163. The average molecular weight is 452 g/mol. The Balaban J connectivity index is 5.16. The molecule has 0 rings (SSSR count). The van der Waals surface area contributed by atoms with E-state index in [9.17, 15) is 28.8 Å². The SMILES string of the molecule is CNC(=O)CCCC(NC(=O)CSP)C(=O)NC(CC(=O)O)C(=O)NCC(=O)O. The van der Waals surface area contributed by atoms with E-state index in [0.717, 1.165) is 11.4 Å². The smallest absolute Gasteiger partial charge is 0.322 e. The minimum atomic E-state index is -1.53. The summed E-state index contributed by atoms with van der Waals surface area (Å²) in [6.45, 7) is -0.748. The van der Waals surface area contributed by atoms with E-state index >= 15 is 0 Å². The Hall–Kier alpha value is -2.40. The molecule has 164 valence electrons. The van der Waals surface area contributed by atoms with Crippen molar-refractivity contribution < 1.29 is 39.0 Å². The topological polar surface area (TPSA) is 191 Å². The van der Waals surface area contributed by atoms with Crippen molar-refractivity contribution in [2.45, 2.75) is 37.8 Å². The summed E-state index contributed by atoms with van der Waals surface area (Å²) in [5, 5.41) is 26.7. The molecular weight excluding hydrogens is 427 g/mol. The third-order valence-corrected chi connectivity index (χ3v) is 4.40. The maximum Gasteiger partial charge on any atom is 0.322 e. The molecular formula is C15H25N4O8PS. The van der Waals surface area contributed by atoms with Crippen molar-refractivity contribution in [3.8, 4) is 0 Å². The monoisotopic (exact) mass is 452 g/mol. The molecule has 0 aliphatic carbocycles. The number of carboxylic acid groups (broad SMARTS) is 2. The highest BCUT2D eigenvalue weighted by Crippen LogP contribution is 2.10. The number of rotatable bonds is 14. The summed E-state index contributed by atoms with van der Waals surface area (Å²) in [5.41, 5.74) is 0. The van der Waals surface area contributed by atoms with Crippen LogP contribution in [0.4, 0.5) is 0 Å². The molecule has 0 bridgehead atoms. The summed E-state index contributed by atoms with van der Waals surface area (Å²) in [4.78, 5) is 69.3. The second-order valence-corrected chi connectivity index (χ2v) is 7.39. The van der Waals surface area contributed by atoms with Gasteiger partial charge in [-0.15, -0.1) is 11.4 Å². The third kappa shape index (κ3) is 12.6. The lowest BCUT2D eigenvalue weighted by Crippen LogP contribution is -2.54. The number of hydrogen-bond acceptors (Lipinski definition) is 7. The number of hydrogen-bond donors (Lipinski definition) is 6. The average Bonchev–Trinajstić information content (AvgIpc) is 2.64. The number of carbonyl (C=O) groups is 6. The maximum absolute atomic E-state index is 12.5. The first-order valence-corrected chi connectivity index (χ1v) is 10.9. The molecule has 12 nitrogen and oxygen atoms in total. The van der Waals surface area contributed by atoms with E-state index in [1.54, 1.807) is 0 Å². The molecule has 0 aliphatic heterocycles. The van der Waals surface area contributed by atoms with Gasteiger partial charge in [0.2, 0.25) is 23.6 Å². The van der Waals surface area contributed by atoms with E-state index in [1.165, 1.54) is 7.05 Å². The van der Waals surface area contributed by atoms with Gasteiger partial charge in [-0.05, 0) is 12.8 Å². The van der Waals surface area contributed by atoms with Crippen molar-refractivity contribution >= 4 is 55.4 Å². The summed E-state index contributed by atoms with van der Waals surface area (Å²) in [5.74, 6) is -5.21. The van der Waals surface area contributed by atoms with Gasteiger partial charge in [-0.2, -0.15) is 0 Å². The lowest BCUT2D eigenvalue weighted by molar-refractivity contribution is -0.141. The van der Waals surface area contributed by atoms with Gasteiger partial charge < -0.3 is 31.5 Å². The van der Waals surface area contributed by atoms with Crippen LogP contribution < -0.4 is 21.3 Å². The summed E-state index contributed by atoms with van der Waals surface area (Å²) < 4.78 is 0. The Labute approximate surface area is 173 Å². The molecule has 0 radical (unpaired) electrons. The second kappa shape index (κ2) is 14.6. The minimum Gasteiger partial charge on any atom is -0.481 e. The standard InChI is InChI=1S/C15H25N4O8PS/c1-16-10(20)4-2-3-8(18-11(21)7-29-28)15(27)19-9(5-12(22)23)14(26)17-6-13(24)25/h8-9H,2-7,28H2,1H3,(H,16,20)(H,17,26)(H,18,21)(H,19,27)(H,22,23)(H,24,25). The number of amides is 4. The first-order chi connectivity index (χ1) is 13.6. The number of nitrogens with one attached hydrogen (secondary N) is 4. The molecule has 0 saturated carbocycles. The second-order valence-electron chi connectivity index (χ2n) is 5.77. The van der Waals surface area contributed by atoms with Gasteiger partial charge >= 0.3 is 11.9 Å². The van der Waals surface area contributed by atoms with E-state index < -0.39 is 54.7 Å². The molecule has 6 N–H and O–H groups in total. The third-order valence-electron chi connectivity index (χ3n) is 3.47. The molecule has 14 heteroatoms. The fourth-order valence-corrected chi connectivity index (χ4v) is 2.80. The summed E-state index contributed by atoms with van der Waals surface area (Å²) >= 11 is 1.14. The van der Waals surface area contributed by atoms with Crippen LogP contribution in [0, 0.1) is 0 Å². The van der Waals surface area contributed by atoms with Gasteiger partial charge in [0.25, 0.3) is 0 Å². The van der Waals surface area contributed by atoms with Crippen molar-refractivity contribution in [2.75, 3.05) is 19.3 Å². The number of carboxylic acids is 2. The Kier molecular flexibility index (Phi) is 13.4. The molecule has 0 aromatic heterocycles. The summed E-state index contributed by atoms with van der Waals surface area (Å²) in [6, 6.07) is -2.64. The van der Waals surface area contributed by atoms with Crippen LogP contribution in [0.3, 0.4) is 0 Å². The largest absolute Gasteiger partial charge is 0.481 e. The van der Waals surface area contributed by atoms with E-state index in [0.29, 0.717) is 0 Å². The van der Waals surface area contributed by atoms with E-state index in [1.807, 2.05) is 5.32 Å². The van der Waals surface area contributed by atoms with Crippen LogP contribution in [-0.2, 0) is 28.8 Å². The molecule has 0 saturated heterocycles. The van der Waals surface area contributed by atoms with E-state index in [2.05, 4.69) is 24.4 Å². The zero-order valence-corrected chi connectivity index (χ0v) is 17.7. The van der Waals surface area contributed by atoms with Gasteiger partial charge in [0.15, 0.2) is 0 Å². The molecule has 0 spiro atoms. The molecule has 3 atom stereocenters. The summed E-state index contributed by atoms with van der Waals surface area (Å²) in [7, 11) is 3.73. The van der Waals surface area contributed by atoms with Gasteiger partial charge in [0, 0.05) is 13.5 Å². The number of aliphatic carboxylic acids is 2. The molecule has 0 aliphatic rings. The first-order valence-electron chi connectivity index (χ1n) is 8.44. The maximum atomic E-state index is 12.5. The zero-order valence-electron chi connectivity index (χ0n) is 15.7. The van der Waals surface area contributed by atoms with Crippen LogP contribution in [0.1, 0.15) is 25.7 Å². The predicted molar refractivity (Wildman–Crippen MR) is 107 cm³/mol. The van der Waals surface area contributed by atoms with Gasteiger partial charge in [-0.3, -0.25) is 28.8 Å². The fourth-order valence-electron chi connectivity index (χ4n) is 2.11. The van der Waals surface area contributed by atoms with E-state index in [4.69, 9.17) is 10.2 Å². The molecule has 0 aromatic rings. The van der Waals surface area contributed by atoms with Crippen LogP contribution in [0.5, 0.6) is 0 Å².